The van der Waals surface area contributed by atoms with E-state index in [4.69, 9.17) is 0 Å². The van der Waals surface area contributed by atoms with E-state index in [0.29, 0.717) is 0 Å². The molecular formula is C13H28S2. The van der Waals surface area contributed by atoms with Crippen molar-refractivity contribution in [1.82, 2.24) is 0 Å². The fourth-order valence-corrected chi connectivity index (χ4v) is 2.89. The van der Waals surface area contributed by atoms with Crippen LogP contribution >= 0.6 is 25.3 Å². The molecule has 2 fully saturated rings. The number of rotatable bonds is 0. The molecule has 0 bridgehead atoms. The predicted molar refractivity (Wildman–Crippen MR) is 78.4 cm³/mol. The smallest absolute Gasteiger partial charge is 0.00168 e. The van der Waals surface area contributed by atoms with Gasteiger partial charge in [-0.1, -0.05) is 46.0 Å². The molecule has 0 aromatic rings. The Kier molecular flexibility index (Phi) is 10.4. The van der Waals surface area contributed by atoms with Crippen molar-refractivity contribution in [2.45, 2.75) is 82.1 Å². The van der Waals surface area contributed by atoms with Crippen LogP contribution in [0.2, 0.25) is 0 Å². The first-order valence-corrected chi connectivity index (χ1v) is 7.18. The Hall–Kier alpha value is 0.700. The van der Waals surface area contributed by atoms with Gasteiger partial charge >= 0.3 is 0 Å². The molecule has 0 radical (unpaired) electrons. The van der Waals surface area contributed by atoms with Crippen molar-refractivity contribution in [2.75, 3.05) is 0 Å². The zero-order chi connectivity index (χ0) is 10.2. The molecule has 0 N–H and O–H groups in total. The van der Waals surface area contributed by atoms with E-state index in [2.05, 4.69) is 25.3 Å². The number of hydrogen-bond donors (Lipinski definition) is 2. The molecular weight excluding hydrogens is 220 g/mol. The Morgan fingerprint density at radius 3 is 0.933 bits per heavy atom. The highest BCUT2D eigenvalue weighted by Gasteiger charge is 2.07. The average Bonchev–Trinajstić information content (AvgIpc) is 2.21. The van der Waals surface area contributed by atoms with Crippen LogP contribution in [0, 0.1) is 0 Å². The van der Waals surface area contributed by atoms with Gasteiger partial charge in [-0.15, -0.1) is 0 Å². The summed E-state index contributed by atoms with van der Waals surface area (Å²) in [4.78, 5) is 0. The third-order valence-electron chi connectivity index (χ3n) is 3.15. The normalized spacial score (nSPS) is 23.6. The molecule has 0 amide bonds. The first kappa shape index (κ1) is 15.7. The predicted octanol–water partition coefficient (Wildman–Crippen LogP) is 5.13. The van der Waals surface area contributed by atoms with Crippen molar-refractivity contribution in [3.05, 3.63) is 0 Å². The molecule has 2 aliphatic carbocycles. The Labute approximate surface area is 107 Å². The maximum absolute atomic E-state index is 4.36. The Morgan fingerprint density at radius 2 is 0.800 bits per heavy atom. The van der Waals surface area contributed by atoms with Gasteiger partial charge in [-0.05, 0) is 25.7 Å². The summed E-state index contributed by atoms with van der Waals surface area (Å²) >= 11 is 8.72. The minimum absolute atomic E-state index is 0. The molecule has 2 rings (SSSR count). The third kappa shape index (κ3) is 8.50. The molecule has 0 spiro atoms. The second-order valence-electron chi connectivity index (χ2n) is 4.58. The summed E-state index contributed by atoms with van der Waals surface area (Å²) in [5, 5.41) is 1.46. The summed E-state index contributed by atoms with van der Waals surface area (Å²) < 4.78 is 0. The lowest BCUT2D eigenvalue weighted by Gasteiger charge is -2.14. The van der Waals surface area contributed by atoms with Gasteiger partial charge in [-0.25, -0.2) is 0 Å². The van der Waals surface area contributed by atoms with Crippen LogP contribution in [0.4, 0.5) is 0 Å². The van der Waals surface area contributed by atoms with E-state index in [1.54, 1.807) is 0 Å². The average molecular weight is 249 g/mol. The summed E-state index contributed by atoms with van der Waals surface area (Å²) in [5.41, 5.74) is 0. The maximum Gasteiger partial charge on any atom is 0.00168 e. The van der Waals surface area contributed by atoms with Crippen molar-refractivity contribution >= 4 is 25.3 Å². The van der Waals surface area contributed by atoms with E-state index < -0.39 is 0 Å². The summed E-state index contributed by atoms with van der Waals surface area (Å²) in [6.07, 6.45) is 13.9. The summed E-state index contributed by atoms with van der Waals surface area (Å²) in [6.45, 7) is 0. The lowest BCUT2D eigenvalue weighted by Crippen LogP contribution is -2.03. The summed E-state index contributed by atoms with van der Waals surface area (Å²) in [7, 11) is 0. The van der Waals surface area contributed by atoms with Crippen molar-refractivity contribution in [2.24, 2.45) is 0 Å². The van der Waals surface area contributed by atoms with Gasteiger partial charge < -0.3 is 0 Å². The van der Waals surface area contributed by atoms with Crippen LogP contribution in [0.1, 0.15) is 71.6 Å². The maximum atomic E-state index is 4.36. The largest absolute Gasteiger partial charge is 0.176 e. The van der Waals surface area contributed by atoms with Crippen LogP contribution < -0.4 is 0 Å². The first-order valence-electron chi connectivity index (χ1n) is 6.15. The van der Waals surface area contributed by atoms with Gasteiger partial charge in [0.1, 0.15) is 0 Å². The molecule has 0 nitrogen and oxygen atoms in total. The molecule has 92 valence electrons. The quantitative estimate of drug-likeness (QED) is 0.545. The van der Waals surface area contributed by atoms with Crippen LogP contribution in [0.3, 0.4) is 0 Å². The van der Waals surface area contributed by atoms with E-state index in [9.17, 15) is 0 Å². The molecule has 0 aromatic carbocycles. The molecule has 15 heavy (non-hydrogen) atoms. The van der Waals surface area contributed by atoms with E-state index in [1.807, 2.05) is 0 Å². The molecule has 2 aliphatic rings. The SMILES string of the molecule is C.SC1CCCCC1.SC1CCCCC1. The molecule has 0 saturated heterocycles. The van der Waals surface area contributed by atoms with E-state index in [1.165, 1.54) is 64.2 Å². The minimum atomic E-state index is 0. The van der Waals surface area contributed by atoms with Crippen molar-refractivity contribution in [3.8, 4) is 0 Å². The fraction of sp³-hybridized carbons (Fsp3) is 1.00. The van der Waals surface area contributed by atoms with Crippen LogP contribution in [0.5, 0.6) is 0 Å². The fourth-order valence-electron chi connectivity index (χ4n) is 2.16. The highest BCUT2D eigenvalue weighted by molar-refractivity contribution is 7.81. The summed E-state index contributed by atoms with van der Waals surface area (Å²) in [6, 6.07) is 0. The molecule has 2 heteroatoms. The zero-order valence-corrected chi connectivity index (χ0v) is 10.9. The Morgan fingerprint density at radius 1 is 0.533 bits per heavy atom. The Bertz CT molecular complexity index is 108. The third-order valence-corrected chi connectivity index (χ3v) is 4.18. The summed E-state index contributed by atoms with van der Waals surface area (Å²) in [5.74, 6) is 0. The van der Waals surface area contributed by atoms with Crippen molar-refractivity contribution < 1.29 is 0 Å². The van der Waals surface area contributed by atoms with Gasteiger partial charge in [0.2, 0.25) is 0 Å². The zero-order valence-electron chi connectivity index (χ0n) is 9.12. The number of thiol groups is 2. The van der Waals surface area contributed by atoms with E-state index >= 15 is 0 Å². The second-order valence-corrected chi connectivity index (χ2v) is 6.04. The molecule has 2 saturated carbocycles. The van der Waals surface area contributed by atoms with Gasteiger partial charge in [0.25, 0.3) is 0 Å². The van der Waals surface area contributed by atoms with E-state index in [-0.39, 0.29) is 7.43 Å². The monoisotopic (exact) mass is 248 g/mol. The van der Waals surface area contributed by atoms with Gasteiger partial charge in [0.15, 0.2) is 0 Å². The van der Waals surface area contributed by atoms with Crippen molar-refractivity contribution in [3.63, 3.8) is 0 Å². The molecule has 0 atom stereocenters. The highest BCUT2D eigenvalue weighted by Crippen LogP contribution is 2.21. The van der Waals surface area contributed by atoms with Crippen LogP contribution in [0.25, 0.3) is 0 Å². The topological polar surface area (TPSA) is 0 Å². The Balaban J connectivity index is 0.000000245. The second kappa shape index (κ2) is 9.89. The van der Waals surface area contributed by atoms with Gasteiger partial charge in [-0.3, -0.25) is 0 Å². The first-order chi connectivity index (χ1) is 6.79. The van der Waals surface area contributed by atoms with Crippen molar-refractivity contribution in [1.29, 1.82) is 0 Å². The lowest BCUT2D eigenvalue weighted by atomic mass is 10.0. The molecule has 0 heterocycles. The van der Waals surface area contributed by atoms with Gasteiger partial charge in [-0.2, -0.15) is 25.3 Å². The standard InChI is InChI=1S/2C6H12S.CH4/c2*7-6-4-2-1-3-5-6;/h2*6-7H,1-5H2;1H4. The van der Waals surface area contributed by atoms with Crippen LogP contribution in [-0.4, -0.2) is 10.5 Å². The minimum Gasteiger partial charge on any atom is -0.176 e. The number of hydrogen-bond acceptors (Lipinski definition) is 2. The van der Waals surface area contributed by atoms with Gasteiger partial charge in [0, 0.05) is 10.5 Å². The highest BCUT2D eigenvalue weighted by atomic mass is 32.1. The van der Waals surface area contributed by atoms with Crippen LogP contribution in [-0.2, 0) is 0 Å². The lowest BCUT2D eigenvalue weighted by molar-refractivity contribution is 0.518. The molecule has 0 unspecified atom stereocenters. The van der Waals surface area contributed by atoms with Gasteiger partial charge in [0.05, 0.1) is 0 Å². The van der Waals surface area contributed by atoms with Crippen LogP contribution in [0.15, 0.2) is 0 Å². The molecule has 0 aliphatic heterocycles. The molecule has 0 aromatic heterocycles. The van der Waals surface area contributed by atoms with E-state index in [0.717, 1.165) is 10.5 Å².